The molecule has 0 fully saturated rings. The minimum Gasteiger partial charge on any atom is -0.258 e. The molecule has 0 unspecified atom stereocenters. The van der Waals surface area contributed by atoms with E-state index in [4.69, 9.17) is 0 Å². The van der Waals surface area contributed by atoms with Crippen molar-refractivity contribution >= 4 is 23.1 Å². The van der Waals surface area contributed by atoms with Crippen molar-refractivity contribution in [2.75, 3.05) is 0 Å². The molecule has 0 amide bonds. The summed E-state index contributed by atoms with van der Waals surface area (Å²) in [6, 6.07) is 20.1. The molecule has 4 aromatic carbocycles. The van der Waals surface area contributed by atoms with E-state index in [9.17, 15) is 29.0 Å². The normalized spacial score (nSPS) is 10.7. The third-order valence-electron chi connectivity index (χ3n) is 4.89. The topological polar surface area (TPSA) is 86.3 Å². The standard InChI is InChI=1S/C24H14F2N2O4S/c25-19-7-1-15(2-8-19)17-5-11-23(21(13-17)27(29)30)33-24-12-6-18(14-22(24)28(31)32)16-3-9-20(26)10-4-16/h1-14H. The molecule has 6 nitrogen and oxygen atoms in total. The summed E-state index contributed by atoms with van der Waals surface area (Å²) in [5, 5.41) is 23.4. The van der Waals surface area contributed by atoms with Gasteiger partial charge in [0, 0.05) is 12.1 Å². The number of rotatable bonds is 6. The molecular formula is C24H14F2N2O4S. The molecule has 164 valence electrons. The van der Waals surface area contributed by atoms with Gasteiger partial charge in [0.25, 0.3) is 11.4 Å². The highest BCUT2D eigenvalue weighted by Gasteiger charge is 2.22. The minimum absolute atomic E-state index is 0.223. The second-order valence-corrected chi connectivity index (χ2v) is 8.08. The number of nitro groups is 2. The summed E-state index contributed by atoms with van der Waals surface area (Å²) >= 11 is 0.907. The van der Waals surface area contributed by atoms with Crippen LogP contribution in [-0.2, 0) is 0 Å². The van der Waals surface area contributed by atoms with Gasteiger partial charge in [0.15, 0.2) is 0 Å². The summed E-state index contributed by atoms with van der Waals surface area (Å²) in [5.74, 6) is -0.839. The van der Waals surface area contributed by atoms with E-state index in [0.717, 1.165) is 11.8 Å². The summed E-state index contributed by atoms with van der Waals surface area (Å²) in [7, 11) is 0. The number of nitro benzene ring substituents is 2. The highest BCUT2D eigenvalue weighted by atomic mass is 32.2. The number of nitrogens with zero attached hydrogens (tertiary/aromatic N) is 2. The lowest BCUT2D eigenvalue weighted by atomic mass is 10.1. The zero-order chi connectivity index (χ0) is 23.5. The lowest BCUT2D eigenvalue weighted by Crippen LogP contribution is -1.95. The van der Waals surface area contributed by atoms with E-state index in [1.807, 2.05) is 0 Å². The molecule has 0 aliphatic carbocycles. The Morgan fingerprint density at radius 2 is 0.879 bits per heavy atom. The van der Waals surface area contributed by atoms with Gasteiger partial charge in [-0.05, 0) is 58.7 Å². The van der Waals surface area contributed by atoms with Crippen LogP contribution in [0.1, 0.15) is 0 Å². The summed E-state index contributed by atoms with van der Waals surface area (Å²) in [4.78, 5) is 22.7. The second-order valence-electron chi connectivity index (χ2n) is 7.00. The maximum Gasteiger partial charge on any atom is 0.283 e. The van der Waals surface area contributed by atoms with E-state index < -0.39 is 21.5 Å². The zero-order valence-electron chi connectivity index (χ0n) is 16.8. The van der Waals surface area contributed by atoms with E-state index in [1.54, 1.807) is 12.1 Å². The van der Waals surface area contributed by atoms with Crippen LogP contribution in [-0.4, -0.2) is 9.85 Å². The molecule has 4 rings (SSSR count). The predicted octanol–water partition coefficient (Wildman–Crippen LogP) is 7.27. The fourth-order valence-corrected chi connectivity index (χ4v) is 4.24. The molecule has 4 aromatic rings. The van der Waals surface area contributed by atoms with Crippen molar-refractivity contribution in [2.24, 2.45) is 0 Å². The number of hydrogen-bond acceptors (Lipinski definition) is 5. The first-order chi connectivity index (χ1) is 15.8. The van der Waals surface area contributed by atoms with Crippen molar-refractivity contribution in [3.8, 4) is 22.3 Å². The number of hydrogen-bond donors (Lipinski definition) is 0. The molecule has 0 bridgehead atoms. The molecule has 0 saturated carbocycles. The molecule has 0 aliphatic heterocycles. The summed E-state index contributed by atoms with van der Waals surface area (Å²) in [6.07, 6.45) is 0. The van der Waals surface area contributed by atoms with Crippen LogP contribution in [0, 0.1) is 31.9 Å². The fraction of sp³-hybridized carbons (Fsp3) is 0. The van der Waals surface area contributed by atoms with Crippen LogP contribution >= 0.6 is 11.8 Å². The molecular weight excluding hydrogens is 450 g/mol. The van der Waals surface area contributed by atoms with Gasteiger partial charge in [-0.3, -0.25) is 20.2 Å². The van der Waals surface area contributed by atoms with Crippen LogP contribution in [0.3, 0.4) is 0 Å². The van der Waals surface area contributed by atoms with Gasteiger partial charge in [0.05, 0.1) is 19.6 Å². The van der Waals surface area contributed by atoms with Crippen LogP contribution in [0.4, 0.5) is 20.2 Å². The summed E-state index contributed by atoms with van der Waals surface area (Å²) in [6.45, 7) is 0. The van der Waals surface area contributed by atoms with Crippen molar-refractivity contribution in [1.29, 1.82) is 0 Å². The van der Waals surface area contributed by atoms with Crippen molar-refractivity contribution < 1.29 is 18.6 Å². The molecule has 0 aliphatic rings. The molecule has 0 radical (unpaired) electrons. The van der Waals surface area contributed by atoms with Crippen molar-refractivity contribution in [1.82, 2.24) is 0 Å². The van der Waals surface area contributed by atoms with Gasteiger partial charge >= 0.3 is 0 Å². The van der Waals surface area contributed by atoms with Crippen LogP contribution in [0.25, 0.3) is 22.3 Å². The Kier molecular flexibility index (Phi) is 6.14. The van der Waals surface area contributed by atoms with Gasteiger partial charge in [-0.1, -0.05) is 48.2 Å². The zero-order valence-corrected chi connectivity index (χ0v) is 17.6. The monoisotopic (exact) mass is 464 g/mol. The lowest BCUT2D eigenvalue weighted by Gasteiger charge is -2.08. The van der Waals surface area contributed by atoms with Crippen LogP contribution in [0.2, 0.25) is 0 Å². The fourth-order valence-electron chi connectivity index (χ4n) is 3.25. The predicted molar refractivity (Wildman–Crippen MR) is 121 cm³/mol. The Morgan fingerprint density at radius 3 is 1.21 bits per heavy atom. The molecule has 0 aromatic heterocycles. The first-order valence-corrected chi connectivity index (χ1v) is 10.4. The molecule has 0 spiro atoms. The van der Waals surface area contributed by atoms with E-state index >= 15 is 0 Å². The van der Waals surface area contributed by atoms with Crippen LogP contribution in [0.5, 0.6) is 0 Å². The number of halogens is 2. The molecule has 9 heteroatoms. The molecule has 0 heterocycles. The highest BCUT2D eigenvalue weighted by Crippen LogP contribution is 2.42. The lowest BCUT2D eigenvalue weighted by molar-refractivity contribution is -0.388. The molecule has 33 heavy (non-hydrogen) atoms. The first-order valence-electron chi connectivity index (χ1n) is 9.58. The molecule has 0 N–H and O–H groups in total. The minimum atomic E-state index is -0.561. The van der Waals surface area contributed by atoms with Gasteiger partial charge in [-0.15, -0.1) is 0 Å². The largest absolute Gasteiger partial charge is 0.283 e. The van der Waals surface area contributed by atoms with Gasteiger partial charge in [-0.2, -0.15) is 0 Å². The average molecular weight is 464 g/mol. The Hall–Kier alpha value is -4.11. The van der Waals surface area contributed by atoms with Crippen LogP contribution in [0.15, 0.2) is 94.7 Å². The Morgan fingerprint density at radius 1 is 0.545 bits per heavy atom. The second kappa shape index (κ2) is 9.17. The Bertz CT molecular complexity index is 1260. The Labute approximate surface area is 190 Å². The van der Waals surface area contributed by atoms with Crippen molar-refractivity contribution in [2.45, 2.75) is 9.79 Å². The first kappa shape index (κ1) is 22.1. The van der Waals surface area contributed by atoms with Gasteiger partial charge in [0.1, 0.15) is 11.6 Å². The van der Waals surface area contributed by atoms with Crippen molar-refractivity contribution in [3.63, 3.8) is 0 Å². The molecule has 0 saturated heterocycles. The van der Waals surface area contributed by atoms with Crippen molar-refractivity contribution in [3.05, 3.63) is 117 Å². The Balaban J connectivity index is 1.71. The van der Waals surface area contributed by atoms with E-state index in [1.165, 1.54) is 72.8 Å². The molecule has 0 atom stereocenters. The smallest absolute Gasteiger partial charge is 0.258 e. The van der Waals surface area contributed by atoms with Crippen LogP contribution < -0.4 is 0 Å². The maximum atomic E-state index is 13.2. The summed E-state index contributed by atoms with van der Waals surface area (Å²) in [5.41, 5.74) is 1.80. The quantitative estimate of drug-likeness (QED) is 0.221. The van der Waals surface area contributed by atoms with E-state index in [2.05, 4.69) is 0 Å². The van der Waals surface area contributed by atoms with E-state index in [0.29, 0.717) is 22.3 Å². The van der Waals surface area contributed by atoms with Gasteiger partial charge < -0.3 is 0 Å². The third kappa shape index (κ3) is 4.88. The van der Waals surface area contributed by atoms with Gasteiger partial charge in [-0.25, -0.2) is 8.78 Å². The van der Waals surface area contributed by atoms with E-state index in [-0.39, 0.29) is 21.2 Å². The SMILES string of the molecule is O=[N+]([O-])c1cc(-c2ccc(F)cc2)ccc1Sc1ccc(-c2ccc(F)cc2)cc1[N+](=O)[O-]. The number of benzene rings is 4. The third-order valence-corrected chi connectivity index (χ3v) is 6.02. The maximum absolute atomic E-state index is 13.2. The highest BCUT2D eigenvalue weighted by molar-refractivity contribution is 7.99. The summed E-state index contributed by atoms with van der Waals surface area (Å²) < 4.78 is 26.4. The van der Waals surface area contributed by atoms with Gasteiger partial charge in [0.2, 0.25) is 0 Å². The average Bonchev–Trinajstić information content (AvgIpc) is 2.80.